The van der Waals surface area contributed by atoms with E-state index in [-0.39, 0.29) is 39.6 Å². The Hall–Kier alpha value is -0.870. The van der Waals surface area contributed by atoms with Gasteiger partial charge in [-0.25, -0.2) is 0 Å². The third-order valence-electron chi connectivity index (χ3n) is 13.6. The van der Waals surface area contributed by atoms with Gasteiger partial charge >= 0.3 is 0 Å². The lowest BCUT2D eigenvalue weighted by molar-refractivity contribution is -0.234. The average molecular weight is 487 g/mol. The molecule has 0 aliphatic heterocycles. The second-order valence-electron chi connectivity index (χ2n) is 14.8. The van der Waals surface area contributed by atoms with Crippen molar-refractivity contribution in [3.8, 4) is 0 Å². The van der Waals surface area contributed by atoms with E-state index in [9.17, 15) is 15.0 Å². The number of fused-ring (bicyclic) bond motifs is 7. The summed E-state index contributed by atoms with van der Waals surface area (Å²) in [6.07, 6.45) is 8.39. The Labute approximate surface area is 213 Å². The molecular weight excluding hydrogens is 436 g/mol. The molecule has 2 N–H and O–H groups in total. The van der Waals surface area contributed by atoms with E-state index in [0.29, 0.717) is 29.9 Å². The van der Waals surface area contributed by atoms with E-state index in [0.717, 1.165) is 32.0 Å². The SMILES string of the molecule is CO[C@@H]1C(O)=C2[C@@H]3[C@@H](C)[C@H](C)CC[C@]3(C)CC[C@@]2(C)[C@]2(C)CC[C@H]3[C@](C)(C=O)[C@@H](O)CC[C@]3(C)[C@@H]12. The molecule has 12 atom stereocenters. The molecule has 5 aliphatic carbocycles. The van der Waals surface area contributed by atoms with Crippen molar-refractivity contribution in [3.63, 3.8) is 0 Å². The highest BCUT2D eigenvalue weighted by atomic mass is 16.5. The summed E-state index contributed by atoms with van der Waals surface area (Å²) in [5, 5.41) is 23.2. The molecule has 4 saturated carbocycles. The maximum Gasteiger partial charge on any atom is 0.128 e. The van der Waals surface area contributed by atoms with Gasteiger partial charge < -0.3 is 19.7 Å². The van der Waals surface area contributed by atoms with Crippen LogP contribution in [0.4, 0.5) is 0 Å². The van der Waals surface area contributed by atoms with Crippen molar-refractivity contribution < 1.29 is 19.7 Å². The Bertz CT molecular complexity index is 927. The van der Waals surface area contributed by atoms with Crippen LogP contribution in [0.2, 0.25) is 0 Å². The van der Waals surface area contributed by atoms with Crippen molar-refractivity contribution in [2.75, 3.05) is 7.11 Å². The minimum absolute atomic E-state index is 0.0334. The third kappa shape index (κ3) is 2.96. The van der Waals surface area contributed by atoms with Gasteiger partial charge in [0.25, 0.3) is 0 Å². The number of ether oxygens (including phenoxy) is 1. The Morgan fingerprint density at radius 1 is 0.943 bits per heavy atom. The first kappa shape index (κ1) is 25.8. The first-order chi connectivity index (χ1) is 16.2. The molecule has 4 fully saturated rings. The molecule has 0 bridgehead atoms. The summed E-state index contributed by atoms with van der Waals surface area (Å²) in [6.45, 7) is 16.6. The van der Waals surface area contributed by atoms with Gasteiger partial charge in [-0.15, -0.1) is 0 Å². The molecular formula is C31H50O4. The van der Waals surface area contributed by atoms with Crippen LogP contribution >= 0.6 is 0 Å². The predicted octanol–water partition coefficient (Wildman–Crippen LogP) is 6.71. The van der Waals surface area contributed by atoms with Gasteiger partial charge in [0.15, 0.2) is 0 Å². The summed E-state index contributed by atoms with van der Waals surface area (Å²) >= 11 is 0. The Morgan fingerprint density at radius 3 is 2.26 bits per heavy atom. The lowest BCUT2D eigenvalue weighted by Gasteiger charge is -2.72. The molecule has 4 nitrogen and oxygen atoms in total. The first-order valence-electron chi connectivity index (χ1n) is 14.4. The molecule has 4 heteroatoms. The summed E-state index contributed by atoms with van der Waals surface area (Å²) in [5.74, 6) is 2.30. The zero-order valence-corrected chi connectivity index (χ0v) is 23.5. The van der Waals surface area contributed by atoms with E-state index in [4.69, 9.17) is 4.74 Å². The predicted molar refractivity (Wildman–Crippen MR) is 139 cm³/mol. The molecule has 0 heterocycles. The normalized spacial score (nSPS) is 58.0. The summed E-state index contributed by atoms with van der Waals surface area (Å²) < 4.78 is 6.29. The minimum atomic E-state index is -0.744. The van der Waals surface area contributed by atoms with Gasteiger partial charge in [-0.05, 0) is 102 Å². The van der Waals surface area contributed by atoms with Crippen LogP contribution in [0.15, 0.2) is 11.3 Å². The van der Waals surface area contributed by atoms with Crippen molar-refractivity contribution in [1.82, 2.24) is 0 Å². The molecule has 5 aliphatic rings. The van der Waals surface area contributed by atoms with E-state index in [1.165, 1.54) is 24.8 Å². The minimum Gasteiger partial charge on any atom is -0.510 e. The summed E-state index contributed by atoms with van der Waals surface area (Å²) in [4.78, 5) is 12.4. The first-order valence-corrected chi connectivity index (χ1v) is 14.4. The zero-order chi connectivity index (χ0) is 25.8. The molecule has 0 aromatic heterocycles. The van der Waals surface area contributed by atoms with E-state index < -0.39 is 11.5 Å². The summed E-state index contributed by atoms with van der Waals surface area (Å²) in [7, 11) is 1.77. The van der Waals surface area contributed by atoms with Crippen LogP contribution in [0.5, 0.6) is 0 Å². The molecule has 35 heavy (non-hydrogen) atoms. The molecule has 0 radical (unpaired) electrons. The molecule has 0 amide bonds. The standard InChI is InChI=1S/C31H50O4/c1-18-9-12-27(3)15-16-30(6)23(22(27)19(18)2)24(34)25(35-8)26-28(4)13-11-21(33)29(5,17-32)20(28)10-14-31(26,30)7/h17-22,25-26,33-34H,9-16H2,1-8H3/t18-,19+,20-,21+,22+,25-,26-,27-,28+,29+,30-,31-/m1/s1. The second kappa shape index (κ2) is 7.82. The topological polar surface area (TPSA) is 66.8 Å². The fraction of sp³-hybridized carbons (Fsp3) is 0.903. The number of carbonyl (C=O) groups is 1. The van der Waals surface area contributed by atoms with E-state index in [1.54, 1.807) is 7.11 Å². The number of aliphatic hydroxyl groups excluding tert-OH is 2. The van der Waals surface area contributed by atoms with Gasteiger partial charge in [-0.1, -0.05) is 48.5 Å². The van der Waals surface area contributed by atoms with Crippen LogP contribution in [0.1, 0.15) is 99.8 Å². The fourth-order valence-electron chi connectivity index (χ4n) is 11.1. The van der Waals surface area contributed by atoms with Crippen LogP contribution in [0.3, 0.4) is 0 Å². The van der Waals surface area contributed by atoms with E-state index >= 15 is 0 Å². The number of hydrogen-bond acceptors (Lipinski definition) is 4. The molecule has 0 aromatic rings. The van der Waals surface area contributed by atoms with E-state index in [1.807, 2.05) is 6.92 Å². The Balaban J connectivity index is 1.71. The lowest BCUT2D eigenvalue weighted by Crippen LogP contribution is -2.69. The highest BCUT2D eigenvalue weighted by Crippen LogP contribution is 2.76. The second-order valence-corrected chi connectivity index (χ2v) is 14.8. The van der Waals surface area contributed by atoms with Crippen molar-refractivity contribution in [2.45, 2.75) is 112 Å². The smallest absolute Gasteiger partial charge is 0.128 e. The monoisotopic (exact) mass is 486 g/mol. The molecule has 198 valence electrons. The number of methoxy groups -OCH3 is 1. The van der Waals surface area contributed by atoms with Crippen LogP contribution < -0.4 is 0 Å². The van der Waals surface area contributed by atoms with Crippen molar-refractivity contribution in [3.05, 3.63) is 11.3 Å². The van der Waals surface area contributed by atoms with Gasteiger partial charge in [0.2, 0.25) is 0 Å². The molecule has 0 aromatic carbocycles. The Morgan fingerprint density at radius 2 is 1.63 bits per heavy atom. The maximum atomic E-state index is 12.4. The summed E-state index contributed by atoms with van der Waals surface area (Å²) in [5.41, 5.74) is 0.500. The third-order valence-corrected chi connectivity index (χ3v) is 13.6. The highest BCUT2D eigenvalue weighted by Gasteiger charge is 2.72. The number of aldehydes is 1. The number of carbonyl (C=O) groups excluding carboxylic acids is 1. The number of hydrogen-bond donors (Lipinski definition) is 2. The van der Waals surface area contributed by atoms with Crippen LogP contribution in [0, 0.1) is 56.7 Å². The summed E-state index contributed by atoms with van der Waals surface area (Å²) in [6, 6.07) is 0. The fourth-order valence-corrected chi connectivity index (χ4v) is 11.1. The zero-order valence-electron chi connectivity index (χ0n) is 23.5. The van der Waals surface area contributed by atoms with Crippen LogP contribution in [-0.2, 0) is 9.53 Å². The quantitative estimate of drug-likeness (QED) is 0.426. The van der Waals surface area contributed by atoms with Crippen molar-refractivity contribution in [2.24, 2.45) is 56.7 Å². The molecule has 0 saturated heterocycles. The van der Waals surface area contributed by atoms with Crippen molar-refractivity contribution >= 4 is 6.29 Å². The average Bonchev–Trinajstić information content (AvgIpc) is 2.81. The maximum absolute atomic E-state index is 12.4. The van der Waals surface area contributed by atoms with Crippen LogP contribution in [0.25, 0.3) is 0 Å². The van der Waals surface area contributed by atoms with E-state index in [2.05, 4.69) is 41.5 Å². The lowest BCUT2D eigenvalue weighted by atomic mass is 9.32. The van der Waals surface area contributed by atoms with Crippen LogP contribution in [-0.4, -0.2) is 35.8 Å². The highest BCUT2D eigenvalue weighted by molar-refractivity contribution is 5.61. The molecule has 0 spiro atoms. The largest absolute Gasteiger partial charge is 0.510 e. The number of rotatable bonds is 2. The van der Waals surface area contributed by atoms with Gasteiger partial charge in [0.05, 0.1) is 11.5 Å². The molecule has 0 unspecified atom stereocenters. The Kier molecular flexibility index (Phi) is 5.76. The van der Waals surface area contributed by atoms with Crippen molar-refractivity contribution in [1.29, 1.82) is 0 Å². The number of allylic oxidation sites excluding steroid dienone is 1. The molecule has 5 rings (SSSR count). The van der Waals surface area contributed by atoms with Gasteiger partial charge in [0.1, 0.15) is 18.1 Å². The van der Waals surface area contributed by atoms with Gasteiger partial charge in [0, 0.05) is 13.0 Å². The van der Waals surface area contributed by atoms with Gasteiger partial charge in [-0.2, -0.15) is 0 Å². The van der Waals surface area contributed by atoms with Gasteiger partial charge in [-0.3, -0.25) is 0 Å². The number of aliphatic hydroxyl groups is 2.